The fourth-order valence-electron chi connectivity index (χ4n) is 5.45. The number of H-pyrrole nitrogens is 1. The zero-order chi connectivity index (χ0) is 27.6. The van der Waals surface area contributed by atoms with Crippen LogP contribution in [0.5, 0.6) is 0 Å². The fourth-order valence-corrected chi connectivity index (χ4v) is 6.97. The number of fused-ring (bicyclic) bond motifs is 1. The summed E-state index contributed by atoms with van der Waals surface area (Å²) in [6.07, 6.45) is 3.09. The van der Waals surface area contributed by atoms with Crippen LogP contribution in [0.15, 0.2) is 47.5 Å². The number of sulfonamides is 1. The van der Waals surface area contributed by atoms with Crippen LogP contribution >= 0.6 is 0 Å². The molecular weight excluding hydrogens is 533 g/mol. The maximum atomic E-state index is 13.0. The van der Waals surface area contributed by atoms with Crippen molar-refractivity contribution in [3.8, 4) is 11.1 Å². The lowest BCUT2D eigenvalue weighted by molar-refractivity contribution is -0.243. The summed E-state index contributed by atoms with van der Waals surface area (Å²) in [5, 5.41) is 1.82. The van der Waals surface area contributed by atoms with Crippen molar-refractivity contribution >= 4 is 27.0 Å². The van der Waals surface area contributed by atoms with E-state index in [1.165, 1.54) is 4.31 Å². The highest BCUT2D eigenvalue weighted by atomic mass is 32.2. The lowest BCUT2D eigenvalue weighted by Gasteiger charge is -2.28. The Labute approximate surface area is 225 Å². The van der Waals surface area contributed by atoms with Gasteiger partial charge in [-0.05, 0) is 67.0 Å². The van der Waals surface area contributed by atoms with Crippen molar-refractivity contribution in [2.75, 3.05) is 19.6 Å². The van der Waals surface area contributed by atoms with E-state index in [4.69, 9.17) is 4.84 Å². The Morgan fingerprint density at radius 2 is 1.74 bits per heavy atom. The quantitative estimate of drug-likeness (QED) is 0.367. The maximum Gasteiger partial charge on any atom is 0.492 e. The van der Waals surface area contributed by atoms with E-state index >= 15 is 0 Å². The normalized spacial score (nSPS) is 17.7. The van der Waals surface area contributed by atoms with Gasteiger partial charge >= 0.3 is 12.1 Å². The summed E-state index contributed by atoms with van der Waals surface area (Å²) in [6, 6.07) is 10.2. The Morgan fingerprint density at radius 3 is 2.41 bits per heavy atom. The molecule has 1 saturated heterocycles. The van der Waals surface area contributed by atoms with E-state index in [0.717, 1.165) is 66.5 Å². The molecule has 1 N–H and O–H groups in total. The molecule has 0 unspecified atom stereocenters. The van der Waals surface area contributed by atoms with Gasteiger partial charge in [-0.2, -0.15) is 17.5 Å². The second-order valence-corrected chi connectivity index (χ2v) is 12.2. The molecular formula is C27H31F3N4O4S. The molecule has 2 aromatic heterocycles. The zero-order valence-electron chi connectivity index (χ0n) is 21.4. The van der Waals surface area contributed by atoms with Crippen LogP contribution in [0.3, 0.4) is 0 Å². The lowest BCUT2D eigenvalue weighted by Crippen LogP contribution is -2.37. The maximum absolute atomic E-state index is 13.0. The van der Waals surface area contributed by atoms with Crippen LogP contribution < -0.4 is 0 Å². The van der Waals surface area contributed by atoms with Crippen LogP contribution in [0.25, 0.3) is 22.2 Å². The Kier molecular flexibility index (Phi) is 7.97. The zero-order valence-corrected chi connectivity index (χ0v) is 22.2. The predicted molar refractivity (Wildman–Crippen MR) is 139 cm³/mol. The SMILES string of the molecule is O=C(ON(Cc1cc2c(-c3ccc(S(=O)(=O)N4CCCC4)cc3)ccnc2[nH]1)CC1CCCCC1)C(F)(F)F. The van der Waals surface area contributed by atoms with Gasteiger partial charge < -0.3 is 9.82 Å². The van der Waals surface area contributed by atoms with E-state index in [1.54, 1.807) is 42.6 Å². The van der Waals surface area contributed by atoms with Crippen LogP contribution in [0, 0.1) is 5.92 Å². The third-order valence-corrected chi connectivity index (χ3v) is 9.35. The summed E-state index contributed by atoms with van der Waals surface area (Å²) < 4.78 is 66.2. The molecule has 1 aliphatic carbocycles. The molecule has 0 amide bonds. The summed E-state index contributed by atoms with van der Waals surface area (Å²) in [4.78, 5) is 24.2. The molecule has 3 heterocycles. The van der Waals surface area contributed by atoms with Crippen molar-refractivity contribution in [1.29, 1.82) is 0 Å². The van der Waals surface area contributed by atoms with Gasteiger partial charge in [-0.25, -0.2) is 18.2 Å². The van der Waals surface area contributed by atoms with Gasteiger partial charge in [-0.15, -0.1) is 5.06 Å². The standard InChI is InChI=1S/C27H31F3N4O4S/c28-27(29,30)26(35)38-33(17-19-6-2-1-3-7-19)18-21-16-24-23(12-13-31-25(24)32-21)20-8-10-22(11-9-20)39(36,37)34-14-4-5-15-34/h8-13,16,19H,1-7,14-15,17-18H2,(H,31,32). The number of aromatic amines is 1. The van der Waals surface area contributed by atoms with Gasteiger partial charge in [-0.3, -0.25) is 0 Å². The smallest absolute Gasteiger partial charge is 0.360 e. The summed E-state index contributed by atoms with van der Waals surface area (Å²) in [5.41, 5.74) is 2.63. The first-order valence-electron chi connectivity index (χ1n) is 13.2. The highest BCUT2D eigenvalue weighted by Crippen LogP contribution is 2.31. The molecule has 0 spiro atoms. The number of pyridine rings is 1. The first-order chi connectivity index (χ1) is 18.6. The van der Waals surface area contributed by atoms with Crippen LogP contribution in [-0.4, -0.2) is 59.5 Å². The number of nitrogens with zero attached hydrogens (tertiary/aromatic N) is 3. The number of carbonyl (C=O) groups is 1. The van der Waals surface area contributed by atoms with Gasteiger partial charge in [0.25, 0.3) is 0 Å². The molecule has 3 aromatic rings. The molecule has 1 aliphatic heterocycles. The van der Waals surface area contributed by atoms with Gasteiger partial charge in [0.1, 0.15) is 5.65 Å². The number of alkyl halides is 3. The number of aromatic nitrogens is 2. The van der Waals surface area contributed by atoms with E-state index in [9.17, 15) is 26.4 Å². The van der Waals surface area contributed by atoms with Crippen LogP contribution in [0.1, 0.15) is 50.6 Å². The van der Waals surface area contributed by atoms with Crippen molar-refractivity contribution in [2.24, 2.45) is 5.92 Å². The largest absolute Gasteiger partial charge is 0.492 e. The van der Waals surface area contributed by atoms with Gasteiger partial charge in [-0.1, -0.05) is 31.4 Å². The van der Waals surface area contributed by atoms with Crippen molar-refractivity contribution in [3.05, 3.63) is 48.3 Å². The van der Waals surface area contributed by atoms with Crippen molar-refractivity contribution < 1.29 is 31.2 Å². The molecule has 0 bridgehead atoms. The number of carbonyl (C=O) groups excluding carboxylic acids is 1. The van der Waals surface area contributed by atoms with Crippen LogP contribution in [-0.2, 0) is 26.2 Å². The molecule has 39 heavy (non-hydrogen) atoms. The minimum atomic E-state index is -5.09. The minimum absolute atomic E-state index is 0.0544. The van der Waals surface area contributed by atoms with Gasteiger partial charge in [0.15, 0.2) is 0 Å². The van der Waals surface area contributed by atoms with Crippen LogP contribution in [0.4, 0.5) is 13.2 Å². The number of halogens is 3. The number of hydrogen-bond donors (Lipinski definition) is 1. The molecule has 1 saturated carbocycles. The predicted octanol–water partition coefficient (Wildman–Crippen LogP) is 5.42. The first kappa shape index (κ1) is 27.6. The summed E-state index contributed by atoms with van der Waals surface area (Å²) >= 11 is 0. The monoisotopic (exact) mass is 564 g/mol. The highest BCUT2D eigenvalue weighted by molar-refractivity contribution is 7.89. The average molecular weight is 565 g/mol. The molecule has 5 rings (SSSR count). The number of rotatable bonds is 8. The van der Waals surface area contributed by atoms with E-state index in [2.05, 4.69) is 9.97 Å². The van der Waals surface area contributed by atoms with Gasteiger partial charge in [0, 0.05) is 36.9 Å². The second-order valence-electron chi connectivity index (χ2n) is 10.3. The minimum Gasteiger partial charge on any atom is -0.360 e. The van der Waals surface area contributed by atoms with E-state index < -0.39 is 22.2 Å². The number of benzene rings is 1. The lowest BCUT2D eigenvalue weighted by atomic mass is 9.89. The molecule has 12 heteroatoms. The number of hydroxylamine groups is 2. The number of hydrogen-bond acceptors (Lipinski definition) is 6. The Morgan fingerprint density at radius 1 is 1.05 bits per heavy atom. The van der Waals surface area contributed by atoms with Crippen LogP contribution in [0.2, 0.25) is 0 Å². The average Bonchev–Trinajstić information content (AvgIpc) is 3.59. The molecule has 8 nitrogen and oxygen atoms in total. The highest BCUT2D eigenvalue weighted by Gasteiger charge is 2.43. The molecule has 2 aliphatic rings. The first-order valence-corrected chi connectivity index (χ1v) is 14.7. The Balaban J connectivity index is 1.38. The molecule has 210 valence electrons. The Hall–Kier alpha value is -2.96. The van der Waals surface area contributed by atoms with Crippen molar-refractivity contribution in [3.63, 3.8) is 0 Å². The van der Waals surface area contributed by atoms with Crippen molar-refractivity contribution in [1.82, 2.24) is 19.3 Å². The molecule has 2 fully saturated rings. The fraction of sp³-hybridized carbons (Fsp3) is 0.481. The summed E-state index contributed by atoms with van der Waals surface area (Å²) in [5.74, 6) is -2.09. The second kappa shape index (κ2) is 11.3. The Bertz CT molecular complexity index is 1410. The van der Waals surface area contributed by atoms with Gasteiger partial charge in [0.2, 0.25) is 10.0 Å². The van der Waals surface area contributed by atoms with E-state index in [0.29, 0.717) is 24.4 Å². The molecule has 0 radical (unpaired) electrons. The topological polar surface area (TPSA) is 95.6 Å². The van der Waals surface area contributed by atoms with Gasteiger partial charge in [0.05, 0.1) is 11.4 Å². The molecule has 0 atom stereocenters. The third-order valence-electron chi connectivity index (χ3n) is 7.43. The molecule has 1 aromatic carbocycles. The third kappa shape index (κ3) is 6.28. The number of nitrogens with one attached hydrogen (secondary N) is 1. The summed E-state index contributed by atoms with van der Waals surface area (Å²) in [7, 11) is -3.53. The van der Waals surface area contributed by atoms with E-state index in [-0.39, 0.29) is 23.9 Å². The summed E-state index contributed by atoms with van der Waals surface area (Å²) in [6.45, 7) is 1.21. The van der Waals surface area contributed by atoms with Crippen molar-refractivity contribution in [2.45, 2.75) is 62.6 Å². The van der Waals surface area contributed by atoms with E-state index in [1.807, 2.05) is 0 Å².